The van der Waals surface area contributed by atoms with Gasteiger partial charge >= 0.3 is 0 Å². The Morgan fingerprint density at radius 2 is 1.96 bits per heavy atom. The van der Waals surface area contributed by atoms with Crippen molar-refractivity contribution in [3.8, 4) is 11.4 Å². The van der Waals surface area contributed by atoms with E-state index in [1.54, 1.807) is 13.3 Å². The minimum atomic E-state index is -0.146. The Labute approximate surface area is 153 Å². The molecule has 0 spiro atoms. The van der Waals surface area contributed by atoms with Gasteiger partial charge in [-0.05, 0) is 49.9 Å². The first-order valence-electron chi connectivity index (χ1n) is 8.71. The van der Waals surface area contributed by atoms with E-state index in [9.17, 15) is 4.79 Å². The number of amides is 1. The van der Waals surface area contributed by atoms with E-state index in [0.29, 0.717) is 0 Å². The summed E-state index contributed by atoms with van der Waals surface area (Å²) in [5, 5.41) is 0.684. The SMILES string of the molecule is COc1ccc(-n2ccnc2S[C@H](C)C(=O)N2CCC(C)CC2)cc1. The third-order valence-corrected chi connectivity index (χ3v) is 5.75. The van der Waals surface area contributed by atoms with Crippen LogP contribution < -0.4 is 4.74 Å². The zero-order valence-corrected chi connectivity index (χ0v) is 15.8. The molecule has 2 aromatic rings. The molecule has 0 saturated carbocycles. The van der Waals surface area contributed by atoms with Crippen molar-refractivity contribution in [2.45, 2.75) is 37.1 Å². The number of piperidine rings is 1. The van der Waals surface area contributed by atoms with Crippen molar-refractivity contribution >= 4 is 17.7 Å². The summed E-state index contributed by atoms with van der Waals surface area (Å²) in [5.74, 6) is 1.75. The number of thioether (sulfide) groups is 1. The highest BCUT2D eigenvalue weighted by atomic mass is 32.2. The van der Waals surface area contributed by atoms with E-state index in [1.807, 2.05) is 46.9 Å². The number of benzene rings is 1. The van der Waals surface area contributed by atoms with Crippen LogP contribution in [0.25, 0.3) is 5.69 Å². The first-order valence-corrected chi connectivity index (χ1v) is 9.59. The molecule has 1 fully saturated rings. The minimum absolute atomic E-state index is 0.146. The lowest BCUT2D eigenvalue weighted by Gasteiger charge is -2.32. The van der Waals surface area contributed by atoms with E-state index in [1.165, 1.54) is 11.8 Å². The molecule has 6 heteroatoms. The number of carbonyl (C=O) groups excluding carboxylic acids is 1. The third kappa shape index (κ3) is 4.18. The van der Waals surface area contributed by atoms with Crippen molar-refractivity contribution in [3.05, 3.63) is 36.7 Å². The van der Waals surface area contributed by atoms with Gasteiger partial charge in [0.05, 0.1) is 12.4 Å². The quantitative estimate of drug-likeness (QED) is 0.765. The van der Waals surface area contributed by atoms with Gasteiger partial charge in [-0.25, -0.2) is 4.98 Å². The average Bonchev–Trinajstić information content (AvgIpc) is 3.10. The second-order valence-electron chi connectivity index (χ2n) is 6.55. The summed E-state index contributed by atoms with van der Waals surface area (Å²) in [6.45, 7) is 5.97. The average molecular weight is 359 g/mol. The van der Waals surface area contributed by atoms with Crippen molar-refractivity contribution < 1.29 is 9.53 Å². The molecule has 1 aliphatic heterocycles. The van der Waals surface area contributed by atoms with Gasteiger partial charge in [0.25, 0.3) is 0 Å². The Hall–Kier alpha value is -1.95. The van der Waals surface area contributed by atoms with Crippen molar-refractivity contribution in [1.82, 2.24) is 14.5 Å². The van der Waals surface area contributed by atoms with Gasteiger partial charge in [0, 0.05) is 31.2 Å². The maximum atomic E-state index is 12.7. The predicted molar refractivity (Wildman–Crippen MR) is 100 cm³/mol. The zero-order chi connectivity index (χ0) is 17.8. The number of aromatic nitrogens is 2. The molecule has 3 rings (SSSR count). The van der Waals surface area contributed by atoms with Crippen LogP contribution in [-0.4, -0.2) is 45.8 Å². The fourth-order valence-electron chi connectivity index (χ4n) is 3.01. The number of hydrogen-bond donors (Lipinski definition) is 0. The Balaban J connectivity index is 1.68. The zero-order valence-electron chi connectivity index (χ0n) is 15.0. The van der Waals surface area contributed by atoms with Crippen LogP contribution >= 0.6 is 11.8 Å². The summed E-state index contributed by atoms with van der Waals surface area (Å²) in [4.78, 5) is 19.2. The number of imidazole rings is 1. The molecule has 1 aliphatic rings. The highest BCUT2D eigenvalue weighted by molar-refractivity contribution is 8.00. The number of methoxy groups -OCH3 is 1. The third-order valence-electron chi connectivity index (χ3n) is 4.68. The lowest BCUT2D eigenvalue weighted by atomic mass is 9.99. The first kappa shape index (κ1) is 17.9. The number of ether oxygens (including phenoxy) is 1. The predicted octanol–water partition coefficient (Wildman–Crippen LogP) is 3.62. The van der Waals surface area contributed by atoms with Gasteiger partial charge in [-0.1, -0.05) is 18.7 Å². The van der Waals surface area contributed by atoms with E-state index in [2.05, 4.69) is 11.9 Å². The molecule has 0 bridgehead atoms. The smallest absolute Gasteiger partial charge is 0.235 e. The van der Waals surface area contributed by atoms with Crippen LogP contribution in [0.4, 0.5) is 0 Å². The molecule has 1 saturated heterocycles. The van der Waals surface area contributed by atoms with E-state index in [4.69, 9.17) is 4.74 Å². The molecule has 2 heterocycles. The number of nitrogens with zero attached hydrogens (tertiary/aromatic N) is 3. The molecule has 134 valence electrons. The molecular weight excluding hydrogens is 334 g/mol. The van der Waals surface area contributed by atoms with Crippen LogP contribution in [-0.2, 0) is 4.79 Å². The second-order valence-corrected chi connectivity index (χ2v) is 7.85. The van der Waals surface area contributed by atoms with Crippen LogP contribution in [0.2, 0.25) is 0 Å². The summed E-state index contributed by atoms with van der Waals surface area (Å²) in [6.07, 6.45) is 5.89. The minimum Gasteiger partial charge on any atom is -0.497 e. The van der Waals surface area contributed by atoms with Gasteiger partial charge < -0.3 is 9.64 Å². The standard InChI is InChI=1S/C19H25N3O2S/c1-14-8-11-21(12-9-14)18(23)15(2)25-19-20-10-13-22(19)16-4-6-17(24-3)7-5-16/h4-7,10,13-15H,8-9,11-12H2,1-3H3/t15-/m1/s1. The molecule has 1 amide bonds. The fourth-order valence-corrected chi connectivity index (χ4v) is 3.98. The van der Waals surface area contributed by atoms with E-state index < -0.39 is 0 Å². The number of likely N-dealkylation sites (tertiary alicyclic amines) is 1. The van der Waals surface area contributed by atoms with Crippen LogP contribution in [0, 0.1) is 5.92 Å². The Kier molecular flexibility index (Phi) is 5.68. The van der Waals surface area contributed by atoms with Crippen LogP contribution in [0.15, 0.2) is 41.8 Å². The van der Waals surface area contributed by atoms with Crippen molar-refractivity contribution in [1.29, 1.82) is 0 Å². The van der Waals surface area contributed by atoms with Gasteiger partial charge in [-0.15, -0.1) is 0 Å². The molecule has 5 nitrogen and oxygen atoms in total. The van der Waals surface area contributed by atoms with Crippen LogP contribution in [0.1, 0.15) is 26.7 Å². The maximum Gasteiger partial charge on any atom is 0.235 e. The maximum absolute atomic E-state index is 12.7. The van der Waals surface area contributed by atoms with Crippen LogP contribution in [0.3, 0.4) is 0 Å². The number of hydrogen-bond acceptors (Lipinski definition) is 4. The Bertz CT molecular complexity index is 706. The normalized spacial score (nSPS) is 16.7. The largest absolute Gasteiger partial charge is 0.497 e. The lowest BCUT2D eigenvalue weighted by Crippen LogP contribution is -2.41. The van der Waals surface area contributed by atoms with Crippen molar-refractivity contribution in [2.75, 3.05) is 20.2 Å². The van der Waals surface area contributed by atoms with E-state index >= 15 is 0 Å². The van der Waals surface area contributed by atoms with Crippen molar-refractivity contribution in [2.24, 2.45) is 5.92 Å². The van der Waals surface area contributed by atoms with Crippen LogP contribution in [0.5, 0.6) is 5.75 Å². The van der Waals surface area contributed by atoms with Gasteiger partial charge in [0.15, 0.2) is 5.16 Å². The molecule has 0 radical (unpaired) electrons. The Morgan fingerprint density at radius 1 is 1.28 bits per heavy atom. The topological polar surface area (TPSA) is 47.4 Å². The highest BCUT2D eigenvalue weighted by Crippen LogP contribution is 2.27. The molecule has 25 heavy (non-hydrogen) atoms. The van der Waals surface area contributed by atoms with E-state index in [-0.39, 0.29) is 11.2 Å². The molecule has 1 aromatic heterocycles. The molecule has 0 aliphatic carbocycles. The number of carbonyl (C=O) groups is 1. The summed E-state index contributed by atoms with van der Waals surface area (Å²) in [5.41, 5.74) is 1.01. The second kappa shape index (κ2) is 7.95. The molecule has 1 aromatic carbocycles. The fraction of sp³-hybridized carbons (Fsp3) is 0.474. The van der Waals surface area contributed by atoms with E-state index in [0.717, 1.165) is 48.4 Å². The Morgan fingerprint density at radius 3 is 2.60 bits per heavy atom. The summed E-state index contributed by atoms with van der Waals surface area (Å²) < 4.78 is 7.21. The van der Waals surface area contributed by atoms with Gasteiger partial charge in [-0.2, -0.15) is 0 Å². The molecule has 0 unspecified atom stereocenters. The molecule has 0 N–H and O–H groups in total. The number of rotatable bonds is 5. The van der Waals surface area contributed by atoms with Gasteiger partial charge in [0.1, 0.15) is 5.75 Å². The lowest BCUT2D eigenvalue weighted by molar-refractivity contribution is -0.131. The first-order chi connectivity index (χ1) is 12.1. The summed E-state index contributed by atoms with van der Waals surface area (Å²) in [6, 6.07) is 7.83. The summed E-state index contributed by atoms with van der Waals surface area (Å²) >= 11 is 1.51. The molecular formula is C19H25N3O2S. The van der Waals surface area contributed by atoms with Crippen molar-refractivity contribution in [3.63, 3.8) is 0 Å². The monoisotopic (exact) mass is 359 g/mol. The molecule has 1 atom stereocenters. The van der Waals surface area contributed by atoms with Gasteiger partial charge in [-0.3, -0.25) is 9.36 Å². The highest BCUT2D eigenvalue weighted by Gasteiger charge is 2.26. The van der Waals surface area contributed by atoms with Gasteiger partial charge in [0.2, 0.25) is 5.91 Å². The summed E-state index contributed by atoms with van der Waals surface area (Å²) in [7, 11) is 1.65.